The van der Waals surface area contributed by atoms with Crippen molar-refractivity contribution in [2.75, 3.05) is 13.7 Å². The fourth-order valence-electron chi connectivity index (χ4n) is 1.48. The number of halogens is 1. The predicted octanol–water partition coefficient (Wildman–Crippen LogP) is 2.75. The van der Waals surface area contributed by atoms with Gasteiger partial charge in [-0.2, -0.15) is 0 Å². The molecule has 1 rings (SSSR count). The van der Waals surface area contributed by atoms with Gasteiger partial charge < -0.3 is 10.1 Å². The average Bonchev–Trinajstić information content (AvgIpc) is 2.28. The summed E-state index contributed by atoms with van der Waals surface area (Å²) in [6.07, 6.45) is 0.751. The van der Waals surface area contributed by atoms with E-state index in [-0.39, 0.29) is 11.3 Å². The number of carbonyl (C=O) groups excluding carboxylic acids is 1. The fraction of sp³-hybridized carbons (Fsp3) is 0.462. The molecule has 17 heavy (non-hydrogen) atoms. The molecule has 1 N–H and O–H groups in total. The minimum atomic E-state index is -0.122. The normalized spacial score (nSPS) is 12.0. The summed E-state index contributed by atoms with van der Waals surface area (Å²) in [5, 5.41) is 2.89. The van der Waals surface area contributed by atoms with E-state index in [0.717, 1.165) is 12.0 Å². The fourth-order valence-corrected chi connectivity index (χ4v) is 1.59. The number of amides is 1. The van der Waals surface area contributed by atoms with Crippen LogP contribution in [0.3, 0.4) is 0 Å². The molecule has 94 valence electrons. The Morgan fingerprint density at radius 2 is 2.24 bits per heavy atom. The lowest BCUT2D eigenvalue weighted by Gasteiger charge is -2.10. The Labute approximate surface area is 107 Å². The van der Waals surface area contributed by atoms with Crippen LogP contribution in [-0.2, 0) is 0 Å². The van der Waals surface area contributed by atoms with Crippen molar-refractivity contribution in [2.45, 2.75) is 25.6 Å². The number of aryl methyl sites for hydroxylation is 1. The number of alkyl halides is 1. The summed E-state index contributed by atoms with van der Waals surface area (Å²) < 4.78 is 5.16. The second-order valence-corrected chi connectivity index (χ2v) is 4.77. The van der Waals surface area contributed by atoms with Crippen LogP contribution in [0, 0.1) is 6.92 Å². The van der Waals surface area contributed by atoms with E-state index in [1.54, 1.807) is 13.2 Å². The van der Waals surface area contributed by atoms with E-state index in [0.29, 0.717) is 17.9 Å². The standard InChI is InChI=1S/C13H18ClNO2/c1-9-4-5-12(17-3)11(8-9)13(16)15-7-6-10(2)14/h4-5,8,10H,6-7H2,1-3H3,(H,15,16). The van der Waals surface area contributed by atoms with Crippen molar-refractivity contribution in [2.24, 2.45) is 0 Å². The van der Waals surface area contributed by atoms with Crippen molar-refractivity contribution in [1.29, 1.82) is 0 Å². The second-order valence-electron chi connectivity index (χ2n) is 4.03. The van der Waals surface area contributed by atoms with Gasteiger partial charge in [0.05, 0.1) is 12.7 Å². The van der Waals surface area contributed by atoms with Crippen LogP contribution in [0.2, 0.25) is 0 Å². The first-order chi connectivity index (χ1) is 8.04. The van der Waals surface area contributed by atoms with Gasteiger partial charge in [-0.1, -0.05) is 11.6 Å². The van der Waals surface area contributed by atoms with Gasteiger partial charge in [-0.15, -0.1) is 11.6 Å². The molecule has 0 aliphatic rings. The number of methoxy groups -OCH3 is 1. The second kappa shape index (κ2) is 6.50. The monoisotopic (exact) mass is 255 g/mol. The molecule has 1 aromatic rings. The summed E-state index contributed by atoms with van der Waals surface area (Å²) >= 11 is 5.82. The molecule has 1 atom stereocenters. The molecule has 1 amide bonds. The van der Waals surface area contributed by atoms with Crippen molar-refractivity contribution < 1.29 is 9.53 Å². The SMILES string of the molecule is COc1ccc(C)cc1C(=O)NCCC(C)Cl. The zero-order valence-corrected chi connectivity index (χ0v) is 11.2. The van der Waals surface area contributed by atoms with E-state index in [2.05, 4.69) is 5.32 Å². The van der Waals surface area contributed by atoms with Crippen molar-refractivity contribution >= 4 is 17.5 Å². The summed E-state index contributed by atoms with van der Waals surface area (Å²) in [5.41, 5.74) is 1.59. The van der Waals surface area contributed by atoms with Crippen LogP contribution in [0.5, 0.6) is 5.75 Å². The van der Waals surface area contributed by atoms with Crippen molar-refractivity contribution in [1.82, 2.24) is 5.32 Å². The van der Waals surface area contributed by atoms with Crippen LogP contribution < -0.4 is 10.1 Å². The molecule has 0 aliphatic carbocycles. The minimum absolute atomic E-state index is 0.0645. The average molecular weight is 256 g/mol. The number of benzene rings is 1. The van der Waals surface area contributed by atoms with Gasteiger partial charge in [0.1, 0.15) is 5.75 Å². The van der Waals surface area contributed by atoms with Gasteiger partial charge in [0, 0.05) is 11.9 Å². The zero-order chi connectivity index (χ0) is 12.8. The molecular formula is C13H18ClNO2. The maximum absolute atomic E-state index is 11.9. The van der Waals surface area contributed by atoms with E-state index < -0.39 is 0 Å². The summed E-state index contributed by atoms with van der Waals surface area (Å²) in [6.45, 7) is 4.42. The topological polar surface area (TPSA) is 38.3 Å². The maximum Gasteiger partial charge on any atom is 0.255 e. The molecule has 0 fully saturated rings. The third-order valence-electron chi connectivity index (χ3n) is 2.43. The Morgan fingerprint density at radius 3 is 2.82 bits per heavy atom. The van der Waals surface area contributed by atoms with E-state index in [1.807, 2.05) is 26.0 Å². The summed E-state index contributed by atoms with van der Waals surface area (Å²) in [7, 11) is 1.56. The smallest absolute Gasteiger partial charge is 0.255 e. The highest BCUT2D eigenvalue weighted by molar-refractivity contribution is 6.20. The molecule has 0 bridgehead atoms. The molecule has 1 unspecified atom stereocenters. The predicted molar refractivity (Wildman–Crippen MR) is 70.0 cm³/mol. The molecule has 4 heteroatoms. The van der Waals surface area contributed by atoms with Gasteiger partial charge in [-0.05, 0) is 32.4 Å². The van der Waals surface area contributed by atoms with Crippen LogP contribution in [-0.4, -0.2) is 24.9 Å². The first-order valence-electron chi connectivity index (χ1n) is 5.61. The van der Waals surface area contributed by atoms with Gasteiger partial charge in [0.2, 0.25) is 0 Å². The Balaban J connectivity index is 2.70. The summed E-state index contributed by atoms with van der Waals surface area (Å²) in [4.78, 5) is 11.9. The Kier molecular flexibility index (Phi) is 5.29. The molecule has 0 saturated carbocycles. The lowest BCUT2D eigenvalue weighted by atomic mass is 10.1. The highest BCUT2D eigenvalue weighted by Crippen LogP contribution is 2.19. The van der Waals surface area contributed by atoms with Crippen LogP contribution >= 0.6 is 11.6 Å². The summed E-state index contributed by atoms with van der Waals surface area (Å²) in [6, 6.07) is 5.53. The van der Waals surface area contributed by atoms with Crippen LogP contribution in [0.4, 0.5) is 0 Å². The third kappa shape index (κ3) is 4.27. The van der Waals surface area contributed by atoms with E-state index in [9.17, 15) is 4.79 Å². The maximum atomic E-state index is 11.9. The molecular weight excluding hydrogens is 238 g/mol. The number of rotatable bonds is 5. The van der Waals surface area contributed by atoms with E-state index in [1.165, 1.54) is 0 Å². The number of carbonyl (C=O) groups is 1. The lowest BCUT2D eigenvalue weighted by molar-refractivity contribution is 0.0950. The molecule has 0 heterocycles. The highest BCUT2D eigenvalue weighted by Gasteiger charge is 2.11. The first kappa shape index (κ1) is 13.8. The number of nitrogens with one attached hydrogen (secondary N) is 1. The van der Waals surface area contributed by atoms with Crippen molar-refractivity contribution in [3.8, 4) is 5.75 Å². The van der Waals surface area contributed by atoms with Crippen LogP contribution in [0.25, 0.3) is 0 Å². The first-order valence-corrected chi connectivity index (χ1v) is 6.05. The van der Waals surface area contributed by atoms with Crippen molar-refractivity contribution in [3.05, 3.63) is 29.3 Å². The van der Waals surface area contributed by atoms with Gasteiger partial charge in [-0.25, -0.2) is 0 Å². The number of ether oxygens (including phenoxy) is 1. The zero-order valence-electron chi connectivity index (χ0n) is 10.4. The van der Waals surface area contributed by atoms with E-state index >= 15 is 0 Å². The van der Waals surface area contributed by atoms with Gasteiger partial charge in [0.15, 0.2) is 0 Å². The highest BCUT2D eigenvalue weighted by atomic mass is 35.5. The molecule has 0 saturated heterocycles. The molecule has 0 aromatic heterocycles. The van der Waals surface area contributed by atoms with Crippen LogP contribution in [0.1, 0.15) is 29.3 Å². The van der Waals surface area contributed by atoms with Gasteiger partial charge in [-0.3, -0.25) is 4.79 Å². The molecule has 1 aromatic carbocycles. The Morgan fingerprint density at radius 1 is 1.53 bits per heavy atom. The Bertz CT molecular complexity index is 391. The molecule has 3 nitrogen and oxygen atoms in total. The number of hydrogen-bond donors (Lipinski definition) is 1. The lowest BCUT2D eigenvalue weighted by Crippen LogP contribution is -2.26. The van der Waals surface area contributed by atoms with Crippen molar-refractivity contribution in [3.63, 3.8) is 0 Å². The van der Waals surface area contributed by atoms with Crippen LogP contribution in [0.15, 0.2) is 18.2 Å². The third-order valence-corrected chi connectivity index (χ3v) is 2.65. The Hall–Kier alpha value is -1.22. The molecule has 0 aliphatic heterocycles. The molecule has 0 radical (unpaired) electrons. The minimum Gasteiger partial charge on any atom is -0.496 e. The van der Waals surface area contributed by atoms with E-state index in [4.69, 9.17) is 16.3 Å². The molecule has 0 spiro atoms. The largest absolute Gasteiger partial charge is 0.496 e. The quantitative estimate of drug-likeness (QED) is 0.822. The van der Waals surface area contributed by atoms with Gasteiger partial charge >= 0.3 is 0 Å². The summed E-state index contributed by atoms with van der Waals surface area (Å²) in [5.74, 6) is 0.467. The number of hydrogen-bond acceptors (Lipinski definition) is 2. The van der Waals surface area contributed by atoms with Gasteiger partial charge in [0.25, 0.3) is 5.91 Å².